The molecule has 1 atom stereocenters. The van der Waals surface area contributed by atoms with Gasteiger partial charge in [0.2, 0.25) is 5.95 Å². The van der Waals surface area contributed by atoms with Crippen LogP contribution in [0.1, 0.15) is 18.4 Å². The van der Waals surface area contributed by atoms with Gasteiger partial charge in [0.05, 0.1) is 11.7 Å². The molecule has 3 heterocycles. The Morgan fingerprint density at radius 3 is 2.30 bits per heavy atom. The zero-order valence-electron chi connectivity index (χ0n) is 15.9. The van der Waals surface area contributed by atoms with Crippen molar-refractivity contribution in [3.63, 3.8) is 0 Å². The summed E-state index contributed by atoms with van der Waals surface area (Å²) >= 11 is 0. The number of aromatic nitrogens is 2. The lowest BCUT2D eigenvalue weighted by atomic mass is 10.1. The molecule has 0 amide bonds. The second-order valence-corrected chi connectivity index (χ2v) is 7.46. The smallest absolute Gasteiger partial charge is 0.229 e. The Morgan fingerprint density at radius 1 is 1.04 bits per heavy atom. The topological polar surface area (TPSA) is 93.5 Å². The Labute approximate surface area is 160 Å². The molecule has 7 heteroatoms. The number of piperazine rings is 1. The van der Waals surface area contributed by atoms with E-state index < -0.39 is 0 Å². The molecule has 0 bridgehead atoms. The normalized spacial score (nSPS) is 20.9. The number of hydrogen-bond acceptors (Lipinski definition) is 7. The van der Waals surface area contributed by atoms with Crippen molar-refractivity contribution in [1.82, 2.24) is 14.9 Å². The first-order chi connectivity index (χ1) is 13.1. The number of rotatable bonds is 4. The van der Waals surface area contributed by atoms with Crippen LogP contribution in [-0.2, 0) is 4.74 Å². The van der Waals surface area contributed by atoms with Crippen LogP contribution in [0.5, 0.6) is 0 Å². The molecule has 144 valence electrons. The maximum atomic E-state index is 6.25. The number of hydrogen-bond donors (Lipinski definition) is 2. The van der Waals surface area contributed by atoms with Crippen molar-refractivity contribution >= 4 is 17.6 Å². The first-order valence-corrected chi connectivity index (χ1v) is 9.69. The van der Waals surface area contributed by atoms with E-state index in [0.717, 1.165) is 50.5 Å². The number of anilines is 3. The van der Waals surface area contributed by atoms with Crippen molar-refractivity contribution in [2.75, 3.05) is 55.7 Å². The standard InChI is InChI=1S/C20H28N6O/c1-14-4-6-15(7-5-14)17-18(21)23-20(24-19(17)22)26-10-8-25(9-11-26)13-16-3-2-12-27-16/h4-7,16H,2-3,8-13H2,1H3,(H4,21,22,23,24). The van der Waals surface area contributed by atoms with Crippen LogP contribution in [-0.4, -0.2) is 60.3 Å². The first kappa shape index (κ1) is 18.0. The molecule has 0 spiro atoms. The summed E-state index contributed by atoms with van der Waals surface area (Å²) < 4.78 is 5.75. The summed E-state index contributed by atoms with van der Waals surface area (Å²) in [6.07, 6.45) is 2.76. The van der Waals surface area contributed by atoms with E-state index in [-0.39, 0.29) is 0 Å². The predicted octanol–water partition coefficient (Wildman–Crippen LogP) is 1.92. The lowest BCUT2D eigenvalue weighted by Gasteiger charge is -2.35. The Hall–Kier alpha value is -2.38. The highest BCUT2D eigenvalue weighted by atomic mass is 16.5. The van der Waals surface area contributed by atoms with Gasteiger partial charge in [0.1, 0.15) is 11.6 Å². The highest BCUT2D eigenvalue weighted by Crippen LogP contribution is 2.31. The summed E-state index contributed by atoms with van der Waals surface area (Å²) in [6, 6.07) is 8.08. The van der Waals surface area contributed by atoms with E-state index in [2.05, 4.69) is 26.7 Å². The van der Waals surface area contributed by atoms with Gasteiger partial charge in [-0.25, -0.2) is 0 Å². The average molecular weight is 368 g/mol. The first-order valence-electron chi connectivity index (χ1n) is 9.69. The summed E-state index contributed by atoms with van der Waals surface area (Å²) in [7, 11) is 0. The highest BCUT2D eigenvalue weighted by Gasteiger charge is 2.24. The minimum absolute atomic E-state index is 0.396. The summed E-state index contributed by atoms with van der Waals surface area (Å²) in [4.78, 5) is 13.7. The van der Waals surface area contributed by atoms with Gasteiger partial charge in [-0.3, -0.25) is 4.90 Å². The molecule has 2 aromatic rings. The fourth-order valence-electron chi connectivity index (χ4n) is 3.85. The van der Waals surface area contributed by atoms with Crippen LogP contribution >= 0.6 is 0 Å². The molecule has 7 nitrogen and oxygen atoms in total. The van der Waals surface area contributed by atoms with Gasteiger partial charge in [0.15, 0.2) is 0 Å². The van der Waals surface area contributed by atoms with Crippen molar-refractivity contribution in [2.45, 2.75) is 25.9 Å². The number of nitrogens with two attached hydrogens (primary N) is 2. The molecule has 1 aromatic carbocycles. The lowest BCUT2D eigenvalue weighted by molar-refractivity contribution is 0.0712. The third kappa shape index (κ3) is 3.99. The molecule has 1 aromatic heterocycles. The van der Waals surface area contributed by atoms with Gasteiger partial charge in [0, 0.05) is 39.3 Å². The van der Waals surface area contributed by atoms with Crippen molar-refractivity contribution in [1.29, 1.82) is 0 Å². The number of benzene rings is 1. The van der Waals surface area contributed by atoms with E-state index in [1.165, 1.54) is 18.4 Å². The fourth-order valence-corrected chi connectivity index (χ4v) is 3.85. The van der Waals surface area contributed by atoms with E-state index >= 15 is 0 Å². The average Bonchev–Trinajstić information content (AvgIpc) is 3.16. The van der Waals surface area contributed by atoms with E-state index in [1.54, 1.807) is 0 Å². The van der Waals surface area contributed by atoms with Gasteiger partial charge in [-0.1, -0.05) is 29.8 Å². The van der Waals surface area contributed by atoms with Crippen molar-refractivity contribution in [3.8, 4) is 11.1 Å². The van der Waals surface area contributed by atoms with Crippen molar-refractivity contribution < 1.29 is 4.74 Å². The third-order valence-electron chi connectivity index (χ3n) is 5.43. The highest BCUT2D eigenvalue weighted by molar-refractivity contribution is 5.83. The quantitative estimate of drug-likeness (QED) is 0.851. The minimum atomic E-state index is 0.396. The van der Waals surface area contributed by atoms with Gasteiger partial charge < -0.3 is 21.1 Å². The summed E-state index contributed by atoms with van der Waals surface area (Å²) in [5, 5.41) is 0. The SMILES string of the molecule is Cc1ccc(-c2c(N)nc(N3CCN(CC4CCCO4)CC3)nc2N)cc1. The Balaban J connectivity index is 1.44. The molecule has 2 aliphatic heterocycles. The van der Waals surface area contributed by atoms with Gasteiger partial charge in [-0.15, -0.1) is 0 Å². The summed E-state index contributed by atoms with van der Waals surface area (Å²) in [5.74, 6) is 1.49. The van der Waals surface area contributed by atoms with Crippen molar-refractivity contribution in [2.24, 2.45) is 0 Å². The molecule has 2 fully saturated rings. The molecular formula is C20H28N6O. The lowest BCUT2D eigenvalue weighted by Crippen LogP contribution is -2.49. The van der Waals surface area contributed by atoms with Crippen LogP contribution < -0.4 is 16.4 Å². The molecule has 2 saturated heterocycles. The van der Waals surface area contributed by atoms with E-state index in [4.69, 9.17) is 16.2 Å². The van der Waals surface area contributed by atoms with Crippen LogP contribution in [0.25, 0.3) is 11.1 Å². The summed E-state index contributed by atoms with van der Waals surface area (Å²) in [6.45, 7) is 7.67. The molecule has 4 N–H and O–H groups in total. The number of nitrogens with zero attached hydrogens (tertiary/aromatic N) is 4. The molecule has 1 unspecified atom stereocenters. The number of ether oxygens (including phenoxy) is 1. The van der Waals surface area contributed by atoms with Crippen LogP contribution in [0, 0.1) is 6.92 Å². The predicted molar refractivity (Wildman–Crippen MR) is 109 cm³/mol. The van der Waals surface area contributed by atoms with Gasteiger partial charge in [-0.2, -0.15) is 9.97 Å². The van der Waals surface area contributed by atoms with E-state index in [1.807, 2.05) is 24.3 Å². The van der Waals surface area contributed by atoms with Crippen LogP contribution in [0.2, 0.25) is 0 Å². The zero-order chi connectivity index (χ0) is 18.8. The molecule has 2 aliphatic rings. The van der Waals surface area contributed by atoms with Gasteiger partial charge >= 0.3 is 0 Å². The largest absolute Gasteiger partial charge is 0.383 e. The van der Waals surface area contributed by atoms with Gasteiger partial charge in [0.25, 0.3) is 0 Å². The van der Waals surface area contributed by atoms with Crippen LogP contribution in [0.4, 0.5) is 17.6 Å². The Morgan fingerprint density at radius 2 is 1.70 bits per heavy atom. The third-order valence-corrected chi connectivity index (χ3v) is 5.43. The molecule has 0 radical (unpaired) electrons. The second-order valence-electron chi connectivity index (χ2n) is 7.46. The second kappa shape index (κ2) is 7.70. The Bertz CT molecular complexity index is 757. The number of nitrogen functional groups attached to an aromatic ring is 2. The van der Waals surface area contributed by atoms with Crippen LogP contribution in [0.3, 0.4) is 0 Å². The summed E-state index contributed by atoms with van der Waals surface area (Å²) in [5.41, 5.74) is 15.4. The molecule has 4 rings (SSSR count). The zero-order valence-corrected chi connectivity index (χ0v) is 15.9. The number of aryl methyl sites for hydroxylation is 1. The molecule has 0 saturated carbocycles. The van der Waals surface area contributed by atoms with Gasteiger partial charge in [-0.05, 0) is 25.3 Å². The van der Waals surface area contributed by atoms with Crippen LogP contribution in [0.15, 0.2) is 24.3 Å². The molecule has 27 heavy (non-hydrogen) atoms. The minimum Gasteiger partial charge on any atom is -0.383 e. The maximum Gasteiger partial charge on any atom is 0.229 e. The monoisotopic (exact) mass is 368 g/mol. The molecule has 0 aliphatic carbocycles. The maximum absolute atomic E-state index is 6.25. The van der Waals surface area contributed by atoms with E-state index in [0.29, 0.717) is 23.7 Å². The molecular weight excluding hydrogens is 340 g/mol. The van der Waals surface area contributed by atoms with E-state index in [9.17, 15) is 0 Å². The fraction of sp³-hybridized carbons (Fsp3) is 0.500. The van der Waals surface area contributed by atoms with Crippen molar-refractivity contribution in [3.05, 3.63) is 29.8 Å². The Kier molecular flexibility index (Phi) is 5.13.